The average Bonchev–Trinajstić information content (AvgIpc) is 2.61. The summed E-state index contributed by atoms with van der Waals surface area (Å²) in [5.41, 5.74) is 1.32. The zero-order chi connectivity index (χ0) is 17.2. The first-order chi connectivity index (χ1) is 11.7. The molecule has 0 fully saturated rings. The van der Waals surface area contributed by atoms with Crippen molar-refractivity contribution in [1.82, 2.24) is 5.32 Å². The van der Waals surface area contributed by atoms with E-state index in [1.165, 1.54) is 13.2 Å². The van der Waals surface area contributed by atoms with Gasteiger partial charge < -0.3 is 14.8 Å². The van der Waals surface area contributed by atoms with Gasteiger partial charge in [-0.05, 0) is 24.1 Å². The third kappa shape index (κ3) is 5.43. The topological polar surface area (TPSA) is 47.6 Å². The van der Waals surface area contributed by atoms with E-state index in [4.69, 9.17) is 9.47 Å². The van der Waals surface area contributed by atoms with Crippen molar-refractivity contribution < 1.29 is 18.7 Å². The molecule has 0 radical (unpaired) electrons. The molecule has 5 heteroatoms. The molecule has 2 rings (SSSR count). The highest BCUT2D eigenvalue weighted by atomic mass is 19.1. The van der Waals surface area contributed by atoms with Gasteiger partial charge in [0.15, 0.2) is 0 Å². The van der Waals surface area contributed by atoms with Crippen molar-refractivity contribution in [2.45, 2.75) is 13.0 Å². The first-order valence-corrected chi connectivity index (χ1v) is 7.64. The predicted molar refractivity (Wildman–Crippen MR) is 91.2 cm³/mol. The highest BCUT2D eigenvalue weighted by molar-refractivity contribution is 5.67. The van der Waals surface area contributed by atoms with Crippen LogP contribution in [0.25, 0.3) is 6.08 Å². The van der Waals surface area contributed by atoms with Crippen LogP contribution in [0.3, 0.4) is 0 Å². The quantitative estimate of drug-likeness (QED) is 0.776. The van der Waals surface area contributed by atoms with Crippen molar-refractivity contribution in [3.63, 3.8) is 0 Å². The van der Waals surface area contributed by atoms with Crippen LogP contribution in [0.2, 0.25) is 0 Å². The molecular weight excluding hydrogens is 309 g/mol. The van der Waals surface area contributed by atoms with Gasteiger partial charge in [-0.2, -0.15) is 0 Å². The summed E-state index contributed by atoms with van der Waals surface area (Å²) in [5.74, 6) is 0.127. The molecule has 4 nitrogen and oxygen atoms in total. The molecule has 0 saturated carbocycles. The number of ether oxygens (including phenoxy) is 2. The van der Waals surface area contributed by atoms with Crippen molar-refractivity contribution in [1.29, 1.82) is 0 Å². The van der Waals surface area contributed by atoms with Crippen LogP contribution in [0.5, 0.6) is 5.75 Å². The lowest BCUT2D eigenvalue weighted by atomic mass is 10.1. The summed E-state index contributed by atoms with van der Waals surface area (Å²) in [4.78, 5) is 11.6. The number of carbonyl (C=O) groups is 1. The van der Waals surface area contributed by atoms with Crippen molar-refractivity contribution in [2.75, 3.05) is 13.7 Å². The lowest BCUT2D eigenvalue weighted by molar-refractivity contribution is 0.140. The molecule has 1 amide bonds. The lowest BCUT2D eigenvalue weighted by Gasteiger charge is -2.06. The standard InChI is InChI=1S/C19H20FNO3/c1-23-18-12-7-11-17(20)16(18)10-5-6-13-21-19(22)24-14-15-8-3-2-4-9-15/h2-5,7-12H,6,13-14H2,1H3,(H,21,22). The molecule has 0 atom stereocenters. The molecule has 0 aliphatic heterocycles. The smallest absolute Gasteiger partial charge is 0.407 e. The predicted octanol–water partition coefficient (Wildman–Crippen LogP) is 4.16. The van der Waals surface area contributed by atoms with E-state index in [1.807, 2.05) is 30.3 Å². The van der Waals surface area contributed by atoms with E-state index in [2.05, 4.69) is 5.32 Å². The van der Waals surface area contributed by atoms with Crippen molar-refractivity contribution in [3.05, 3.63) is 71.6 Å². The van der Waals surface area contributed by atoms with Crippen molar-refractivity contribution in [2.24, 2.45) is 0 Å². The van der Waals surface area contributed by atoms with Gasteiger partial charge >= 0.3 is 6.09 Å². The summed E-state index contributed by atoms with van der Waals surface area (Å²) in [6.07, 6.45) is 3.50. The summed E-state index contributed by atoms with van der Waals surface area (Å²) in [7, 11) is 1.50. The number of amides is 1. The minimum absolute atomic E-state index is 0.231. The minimum Gasteiger partial charge on any atom is -0.496 e. The number of hydrogen-bond donors (Lipinski definition) is 1. The van der Waals surface area contributed by atoms with E-state index in [0.717, 1.165) is 5.56 Å². The number of carbonyl (C=O) groups excluding carboxylic acids is 1. The molecule has 0 heterocycles. The Balaban J connectivity index is 1.72. The molecule has 0 aliphatic rings. The van der Waals surface area contributed by atoms with Crippen molar-refractivity contribution >= 4 is 12.2 Å². The fraction of sp³-hybridized carbons (Fsp3) is 0.211. The maximum absolute atomic E-state index is 13.7. The number of rotatable bonds is 7. The van der Waals surface area contributed by atoms with Gasteiger partial charge in [-0.3, -0.25) is 0 Å². The van der Waals surface area contributed by atoms with Crippen LogP contribution in [-0.2, 0) is 11.3 Å². The molecular formula is C19H20FNO3. The molecule has 2 aromatic rings. The van der Waals surface area contributed by atoms with Gasteiger partial charge in [0, 0.05) is 6.54 Å². The van der Waals surface area contributed by atoms with Crippen LogP contribution >= 0.6 is 0 Å². The van der Waals surface area contributed by atoms with E-state index in [0.29, 0.717) is 24.3 Å². The van der Waals surface area contributed by atoms with Crippen LogP contribution in [-0.4, -0.2) is 19.7 Å². The van der Waals surface area contributed by atoms with E-state index in [1.54, 1.807) is 24.3 Å². The van der Waals surface area contributed by atoms with E-state index in [-0.39, 0.29) is 12.4 Å². The minimum atomic E-state index is -0.476. The Labute approximate surface area is 140 Å². The Morgan fingerprint density at radius 2 is 1.96 bits per heavy atom. The third-order valence-corrected chi connectivity index (χ3v) is 3.31. The number of halogens is 1. The van der Waals surface area contributed by atoms with Gasteiger partial charge in [-0.1, -0.05) is 48.6 Å². The van der Waals surface area contributed by atoms with E-state index in [9.17, 15) is 9.18 Å². The van der Waals surface area contributed by atoms with Gasteiger partial charge in [0.2, 0.25) is 0 Å². The Morgan fingerprint density at radius 1 is 1.17 bits per heavy atom. The van der Waals surface area contributed by atoms with Crippen LogP contribution in [0, 0.1) is 5.82 Å². The van der Waals surface area contributed by atoms with Gasteiger partial charge in [0.05, 0.1) is 12.7 Å². The highest BCUT2D eigenvalue weighted by Gasteiger charge is 2.05. The highest BCUT2D eigenvalue weighted by Crippen LogP contribution is 2.22. The number of benzene rings is 2. The average molecular weight is 329 g/mol. The fourth-order valence-corrected chi connectivity index (χ4v) is 2.09. The molecule has 0 aromatic heterocycles. The molecule has 0 spiro atoms. The van der Waals surface area contributed by atoms with Gasteiger partial charge in [0.1, 0.15) is 18.2 Å². The van der Waals surface area contributed by atoms with Crippen LogP contribution < -0.4 is 10.1 Å². The largest absolute Gasteiger partial charge is 0.496 e. The molecule has 2 aromatic carbocycles. The second kappa shape index (κ2) is 9.35. The first kappa shape index (κ1) is 17.5. The normalized spacial score (nSPS) is 10.6. The summed E-state index contributed by atoms with van der Waals surface area (Å²) in [6, 6.07) is 14.1. The Kier molecular flexibility index (Phi) is 6.83. The molecule has 0 aliphatic carbocycles. The Morgan fingerprint density at radius 3 is 2.71 bits per heavy atom. The van der Waals surface area contributed by atoms with Gasteiger partial charge in [-0.15, -0.1) is 0 Å². The van der Waals surface area contributed by atoms with Gasteiger partial charge in [0.25, 0.3) is 0 Å². The molecule has 0 saturated heterocycles. The second-order valence-corrected chi connectivity index (χ2v) is 5.04. The van der Waals surface area contributed by atoms with Gasteiger partial charge in [-0.25, -0.2) is 9.18 Å². The molecule has 0 unspecified atom stereocenters. The summed E-state index contributed by atoms with van der Waals surface area (Å²) in [5, 5.41) is 2.64. The zero-order valence-electron chi connectivity index (χ0n) is 13.5. The monoisotopic (exact) mass is 329 g/mol. The molecule has 126 valence electrons. The summed E-state index contributed by atoms with van der Waals surface area (Å²) >= 11 is 0. The number of methoxy groups -OCH3 is 1. The second-order valence-electron chi connectivity index (χ2n) is 5.04. The maximum atomic E-state index is 13.7. The lowest BCUT2D eigenvalue weighted by Crippen LogP contribution is -2.24. The third-order valence-electron chi connectivity index (χ3n) is 3.31. The summed E-state index contributed by atoms with van der Waals surface area (Å²) < 4.78 is 23.9. The van der Waals surface area contributed by atoms with Crippen LogP contribution in [0.15, 0.2) is 54.6 Å². The fourth-order valence-electron chi connectivity index (χ4n) is 2.09. The molecule has 0 bridgehead atoms. The molecule has 24 heavy (non-hydrogen) atoms. The SMILES string of the molecule is COc1cccc(F)c1C=CCCNC(=O)OCc1ccccc1. The maximum Gasteiger partial charge on any atom is 0.407 e. The van der Waals surface area contributed by atoms with E-state index >= 15 is 0 Å². The number of alkyl carbamates (subject to hydrolysis) is 1. The first-order valence-electron chi connectivity index (χ1n) is 7.64. The van der Waals surface area contributed by atoms with E-state index < -0.39 is 6.09 Å². The molecule has 1 N–H and O–H groups in total. The van der Waals surface area contributed by atoms with Crippen LogP contribution in [0.1, 0.15) is 17.5 Å². The Bertz CT molecular complexity index is 686. The Hall–Kier alpha value is -2.82. The summed E-state index contributed by atoms with van der Waals surface area (Å²) in [6.45, 7) is 0.635. The number of hydrogen-bond acceptors (Lipinski definition) is 3. The van der Waals surface area contributed by atoms with Crippen molar-refractivity contribution in [3.8, 4) is 5.75 Å². The van der Waals surface area contributed by atoms with Crippen LogP contribution in [0.4, 0.5) is 9.18 Å². The zero-order valence-corrected chi connectivity index (χ0v) is 13.5. The number of nitrogens with one attached hydrogen (secondary N) is 1.